The van der Waals surface area contributed by atoms with E-state index in [1.165, 1.54) is 0 Å². The zero-order valence-electron chi connectivity index (χ0n) is 18.5. The molecule has 0 aromatic heterocycles. The van der Waals surface area contributed by atoms with Crippen LogP contribution in [0.5, 0.6) is 0 Å². The van der Waals surface area contributed by atoms with Gasteiger partial charge in [0.2, 0.25) is 5.66 Å². The molecule has 32 heavy (non-hydrogen) atoms. The third-order valence-corrected chi connectivity index (χ3v) is 6.67. The van der Waals surface area contributed by atoms with E-state index >= 15 is 0 Å². The lowest BCUT2D eigenvalue weighted by atomic mass is 9.92. The average molecular weight is 435 g/mol. The molecule has 2 aromatic rings. The Hall–Kier alpha value is -2.90. The number of morpholine rings is 1. The molecule has 3 aliphatic rings. The predicted octanol–water partition coefficient (Wildman–Crippen LogP) is 2.89. The molecule has 3 heterocycles. The van der Waals surface area contributed by atoms with E-state index in [0.717, 1.165) is 56.9 Å². The number of anilines is 2. The average Bonchev–Trinajstić information content (AvgIpc) is 3.05. The number of amides is 2. The summed E-state index contributed by atoms with van der Waals surface area (Å²) in [6.45, 7) is 7.38. The number of carbonyl (C=O) groups excluding carboxylic acids is 2. The fourth-order valence-corrected chi connectivity index (χ4v) is 5.15. The minimum absolute atomic E-state index is 0.0743. The van der Waals surface area contributed by atoms with Gasteiger partial charge in [0.1, 0.15) is 0 Å². The van der Waals surface area contributed by atoms with E-state index in [-0.39, 0.29) is 11.8 Å². The Morgan fingerprint density at radius 2 is 1.72 bits per heavy atom. The molecule has 0 saturated carbocycles. The van der Waals surface area contributed by atoms with Gasteiger partial charge < -0.3 is 19.9 Å². The maximum Gasteiger partial charge on any atom is 0.278 e. The van der Waals surface area contributed by atoms with Crippen LogP contribution in [0, 0.1) is 0 Å². The smallest absolute Gasteiger partial charge is 0.278 e. The number of hydrogen-bond acceptors (Lipinski definition) is 5. The number of rotatable bonds is 6. The van der Waals surface area contributed by atoms with Gasteiger partial charge in [-0.05, 0) is 31.0 Å². The SMILES string of the molecule is CCCN1C(=O)C2(Nc3ccccc3C(=O)N2CCCN2CCOCC2)c2ccccc21. The van der Waals surface area contributed by atoms with Crippen LogP contribution in [0.3, 0.4) is 0 Å². The quantitative estimate of drug-likeness (QED) is 0.758. The molecule has 3 aliphatic heterocycles. The van der Waals surface area contributed by atoms with Gasteiger partial charge in [-0.2, -0.15) is 0 Å². The van der Waals surface area contributed by atoms with Crippen molar-refractivity contribution in [1.82, 2.24) is 9.80 Å². The van der Waals surface area contributed by atoms with E-state index in [4.69, 9.17) is 4.74 Å². The summed E-state index contributed by atoms with van der Waals surface area (Å²) < 4.78 is 5.45. The first-order valence-electron chi connectivity index (χ1n) is 11.6. The highest BCUT2D eigenvalue weighted by atomic mass is 16.5. The van der Waals surface area contributed by atoms with Crippen LogP contribution in [0.1, 0.15) is 35.7 Å². The molecule has 1 atom stereocenters. The first kappa shape index (κ1) is 21.0. The number of para-hydroxylation sites is 2. The Balaban J connectivity index is 1.53. The summed E-state index contributed by atoms with van der Waals surface area (Å²) in [5, 5.41) is 3.52. The van der Waals surface area contributed by atoms with E-state index in [1.807, 2.05) is 53.4 Å². The molecule has 1 unspecified atom stereocenters. The van der Waals surface area contributed by atoms with Crippen LogP contribution < -0.4 is 10.2 Å². The summed E-state index contributed by atoms with van der Waals surface area (Å²) in [5.74, 6) is -0.169. The molecule has 1 saturated heterocycles. The van der Waals surface area contributed by atoms with Crippen LogP contribution >= 0.6 is 0 Å². The molecule has 0 radical (unpaired) electrons. The van der Waals surface area contributed by atoms with Crippen LogP contribution in [0.15, 0.2) is 48.5 Å². The second-order valence-electron chi connectivity index (χ2n) is 8.62. The third-order valence-electron chi connectivity index (χ3n) is 6.67. The van der Waals surface area contributed by atoms with Crippen LogP contribution in [0.25, 0.3) is 0 Å². The zero-order valence-corrected chi connectivity index (χ0v) is 18.5. The highest BCUT2D eigenvalue weighted by Gasteiger charge is 2.58. The summed E-state index contributed by atoms with van der Waals surface area (Å²) in [6.07, 6.45) is 1.64. The molecular weight excluding hydrogens is 404 g/mol. The van der Waals surface area contributed by atoms with Crippen molar-refractivity contribution < 1.29 is 14.3 Å². The Bertz CT molecular complexity index is 1020. The lowest BCUT2D eigenvalue weighted by molar-refractivity contribution is -0.127. The predicted molar refractivity (Wildman–Crippen MR) is 124 cm³/mol. The van der Waals surface area contributed by atoms with Gasteiger partial charge in [-0.3, -0.25) is 14.5 Å². The van der Waals surface area contributed by atoms with Crippen molar-refractivity contribution in [3.8, 4) is 0 Å². The largest absolute Gasteiger partial charge is 0.379 e. The second kappa shape index (κ2) is 8.56. The highest BCUT2D eigenvalue weighted by molar-refractivity contribution is 6.15. The maximum atomic E-state index is 14.0. The van der Waals surface area contributed by atoms with Gasteiger partial charge in [-0.25, -0.2) is 0 Å². The summed E-state index contributed by atoms with van der Waals surface area (Å²) >= 11 is 0. The molecule has 5 rings (SSSR count). The Morgan fingerprint density at radius 3 is 2.53 bits per heavy atom. The Morgan fingerprint density at radius 1 is 0.969 bits per heavy atom. The fraction of sp³-hybridized carbons (Fsp3) is 0.440. The Kier molecular flexibility index (Phi) is 5.61. The van der Waals surface area contributed by atoms with Gasteiger partial charge in [0, 0.05) is 44.0 Å². The van der Waals surface area contributed by atoms with Crippen molar-refractivity contribution in [2.45, 2.75) is 25.4 Å². The van der Waals surface area contributed by atoms with Gasteiger partial charge in [0.15, 0.2) is 0 Å². The van der Waals surface area contributed by atoms with E-state index in [0.29, 0.717) is 24.3 Å². The molecule has 0 bridgehead atoms. The Labute approximate surface area is 188 Å². The van der Waals surface area contributed by atoms with Gasteiger partial charge in [0.05, 0.1) is 24.5 Å². The van der Waals surface area contributed by atoms with Crippen LogP contribution in [0.2, 0.25) is 0 Å². The number of ether oxygens (including phenoxy) is 1. The summed E-state index contributed by atoms with van der Waals surface area (Å²) in [4.78, 5) is 33.7. The monoisotopic (exact) mass is 434 g/mol. The molecular formula is C25H30N4O3. The molecule has 2 amide bonds. The van der Waals surface area contributed by atoms with Gasteiger partial charge in [-0.1, -0.05) is 37.3 Å². The molecule has 0 aliphatic carbocycles. The lowest BCUT2D eigenvalue weighted by Gasteiger charge is -2.45. The number of fused-ring (bicyclic) bond motifs is 3. The second-order valence-corrected chi connectivity index (χ2v) is 8.62. The number of carbonyl (C=O) groups is 2. The van der Waals surface area contributed by atoms with Crippen LogP contribution in [-0.2, 0) is 15.2 Å². The van der Waals surface area contributed by atoms with E-state index < -0.39 is 5.66 Å². The first-order valence-corrected chi connectivity index (χ1v) is 11.6. The summed E-state index contributed by atoms with van der Waals surface area (Å²) in [7, 11) is 0. The molecule has 1 N–H and O–H groups in total. The fourth-order valence-electron chi connectivity index (χ4n) is 5.15. The van der Waals surface area contributed by atoms with Gasteiger partial charge in [0.25, 0.3) is 11.8 Å². The van der Waals surface area contributed by atoms with E-state index in [2.05, 4.69) is 17.1 Å². The normalized spacial score (nSPS) is 22.8. The number of nitrogens with one attached hydrogen (secondary N) is 1. The summed E-state index contributed by atoms with van der Waals surface area (Å²) in [5.41, 5.74) is 1.86. The number of nitrogens with zero attached hydrogens (tertiary/aromatic N) is 3. The minimum Gasteiger partial charge on any atom is -0.379 e. The molecule has 1 spiro atoms. The molecule has 7 nitrogen and oxygen atoms in total. The summed E-state index contributed by atoms with van der Waals surface area (Å²) in [6, 6.07) is 15.4. The van der Waals surface area contributed by atoms with Crippen molar-refractivity contribution >= 4 is 23.2 Å². The van der Waals surface area contributed by atoms with Crippen molar-refractivity contribution in [3.63, 3.8) is 0 Å². The topological polar surface area (TPSA) is 65.1 Å². The van der Waals surface area contributed by atoms with Gasteiger partial charge in [-0.15, -0.1) is 0 Å². The third kappa shape index (κ3) is 3.27. The first-order chi connectivity index (χ1) is 15.7. The molecule has 7 heteroatoms. The molecule has 168 valence electrons. The van der Waals surface area contributed by atoms with Crippen molar-refractivity contribution in [3.05, 3.63) is 59.7 Å². The van der Waals surface area contributed by atoms with Gasteiger partial charge >= 0.3 is 0 Å². The van der Waals surface area contributed by atoms with Crippen molar-refractivity contribution in [2.75, 3.05) is 56.2 Å². The standard InChI is InChI=1S/C25H30N4O3/c1-2-12-28-22-11-6-4-9-20(22)25(24(28)31)26-21-10-5-3-8-19(21)23(30)29(25)14-7-13-27-15-17-32-18-16-27/h3-6,8-11,26H,2,7,12-18H2,1H3. The number of benzene rings is 2. The molecule has 1 fully saturated rings. The maximum absolute atomic E-state index is 14.0. The van der Waals surface area contributed by atoms with Crippen LogP contribution in [-0.4, -0.2) is 67.6 Å². The van der Waals surface area contributed by atoms with Crippen molar-refractivity contribution in [1.29, 1.82) is 0 Å². The van der Waals surface area contributed by atoms with E-state index in [1.54, 1.807) is 4.90 Å². The molecule has 2 aromatic carbocycles. The zero-order chi connectivity index (χ0) is 22.1. The van der Waals surface area contributed by atoms with Crippen LogP contribution in [0.4, 0.5) is 11.4 Å². The highest BCUT2D eigenvalue weighted by Crippen LogP contribution is 2.47. The number of hydrogen-bond donors (Lipinski definition) is 1. The van der Waals surface area contributed by atoms with E-state index in [9.17, 15) is 9.59 Å². The minimum atomic E-state index is -1.21. The lowest BCUT2D eigenvalue weighted by Crippen LogP contribution is -2.63. The van der Waals surface area contributed by atoms with Crippen molar-refractivity contribution in [2.24, 2.45) is 0 Å².